The van der Waals surface area contributed by atoms with E-state index >= 15 is 0 Å². The molecule has 3 rings (SSSR count). The first kappa shape index (κ1) is 13.7. The van der Waals surface area contributed by atoms with Crippen LogP contribution in [0.5, 0.6) is 11.5 Å². The molecule has 0 aliphatic heterocycles. The predicted molar refractivity (Wildman–Crippen MR) is 81.1 cm³/mol. The molecule has 0 bridgehead atoms. The lowest BCUT2D eigenvalue weighted by molar-refractivity contribution is 0.103. The summed E-state index contributed by atoms with van der Waals surface area (Å²) in [5.74, 6) is 1.62. The van der Waals surface area contributed by atoms with Gasteiger partial charge >= 0.3 is 0 Å². The summed E-state index contributed by atoms with van der Waals surface area (Å²) in [5.41, 5.74) is 1.33. The second-order valence-corrected chi connectivity index (χ2v) is 5.13. The van der Waals surface area contributed by atoms with Crippen LogP contribution < -0.4 is 9.47 Å². The molecule has 0 atom stereocenters. The molecule has 0 N–H and O–H groups in total. The minimum Gasteiger partial charge on any atom is -0.494 e. The van der Waals surface area contributed by atoms with Gasteiger partial charge in [-0.1, -0.05) is 0 Å². The third-order valence-electron chi connectivity index (χ3n) is 3.37. The monoisotopic (exact) mass is 282 g/mol. The molecule has 1 aliphatic carbocycles. The Hall–Kier alpha value is -2.29. The molecule has 21 heavy (non-hydrogen) atoms. The van der Waals surface area contributed by atoms with Crippen LogP contribution in [0.2, 0.25) is 0 Å². The summed E-state index contributed by atoms with van der Waals surface area (Å²) in [6.07, 6.45) is 2.64. The van der Waals surface area contributed by atoms with Gasteiger partial charge in [-0.25, -0.2) is 0 Å². The molecule has 1 fully saturated rings. The molecular weight excluding hydrogens is 264 g/mol. The zero-order valence-corrected chi connectivity index (χ0v) is 12.0. The second-order valence-electron chi connectivity index (χ2n) is 5.13. The van der Waals surface area contributed by atoms with Gasteiger partial charge < -0.3 is 9.47 Å². The number of carbonyl (C=O) groups excluding carboxylic acids is 1. The van der Waals surface area contributed by atoms with Crippen molar-refractivity contribution in [1.29, 1.82) is 0 Å². The molecule has 3 nitrogen and oxygen atoms in total. The van der Waals surface area contributed by atoms with Crippen molar-refractivity contribution in [2.24, 2.45) is 0 Å². The molecular formula is C18H18O3. The molecule has 0 saturated heterocycles. The Morgan fingerprint density at radius 2 is 1.48 bits per heavy atom. The Labute approximate surface area is 124 Å². The fraction of sp³-hybridized carbons (Fsp3) is 0.278. The predicted octanol–water partition coefficient (Wildman–Crippen LogP) is 3.86. The summed E-state index contributed by atoms with van der Waals surface area (Å²) in [7, 11) is 0. The molecule has 0 spiro atoms. The van der Waals surface area contributed by atoms with Gasteiger partial charge in [-0.2, -0.15) is 0 Å². The number of ether oxygens (including phenoxy) is 2. The van der Waals surface area contributed by atoms with Gasteiger partial charge in [0, 0.05) is 11.1 Å². The molecule has 1 saturated carbocycles. The average molecular weight is 282 g/mol. The summed E-state index contributed by atoms with van der Waals surface area (Å²) in [6, 6.07) is 14.6. The van der Waals surface area contributed by atoms with Crippen LogP contribution in [0.1, 0.15) is 35.7 Å². The first-order chi connectivity index (χ1) is 10.3. The molecule has 3 heteroatoms. The van der Waals surface area contributed by atoms with Crippen LogP contribution in [0.15, 0.2) is 48.5 Å². The Morgan fingerprint density at radius 1 is 0.952 bits per heavy atom. The minimum atomic E-state index is 0.0102. The summed E-state index contributed by atoms with van der Waals surface area (Å²) >= 11 is 0. The smallest absolute Gasteiger partial charge is 0.193 e. The van der Waals surface area contributed by atoms with Crippen LogP contribution in [0.3, 0.4) is 0 Å². The van der Waals surface area contributed by atoms with E-state index in [0.29, 0.717) is 23.8 Å². The van der Waals surface area contributed by atoms with Crippen molar-refractivity contribution in [3.05, 3.63) is 59.7 Å². The third-order valence-corrected chi connectivity index (χ3v) is 3.37. The summed E-state index contributed by atoms with van der Waals surface area (Å²) in [6.45, 7) is 2.56. The van der Waals surface area contributed by atoms with Gasteiger partial charge in [-0.15, -0.1) is 0 Å². The fourth-order valence-corrected chi connectivity index (χ4v) is 2.10. The highest BCUT2D eigenvalue weighted by Gasteiger charge is 2.23. The van der Waals surface area contributed by atoms with Crippen LogP contribution in [-0.4, -0.2) is 18.5 Å². The topological polar surface area (TPSA) is 35.5 Å². The van der Waals surface area contributed by atoms with Gasteiger partial charge in [0.2, 0.25) is 0 Å². The maximum atomic E-state index is 12.4. The fourth-order valence-electron chi connectivity index (χ4n) is 2.10. The highest BCUT2D eigenvalue weighted by Crippen LogP contribution is 2.27. The zero-order valence-electron chi connectivity index (χ0n) is 12.0. The van der Waals surface area contributed by atoms with Gasteiger partial charge in [0.15, 0.2) is 5.78 Å². The van der Waals surface area contributed by atoms with E-state index in [9.17, 15) is 4.79 Å². The molecule has 0 amide bonds. The first-order valence-corrected chi connectivity index (χ1v) is 7.30. The molecule has 0 unspecified atom stereocenters. The lowest BCUT2D eigenvalue weighted by Crippen LogP contribution is -2.02. The van der Waals surface area contributed by atoms with Gasteiger partial charge in [-0.05, 0) is 68.3 Å². The lowest BCUT2D eigenvalue weighted by atomic mass is 10.0. The molecule has 1 aliphatic rings. The number of rotatable bonds is 6. The van der Waals surface area contributed by atoms with E-state index < -0.39 is 0 Å². The van der Waals surface area contributed by atoms with Crippen molar-refractivity contribution in [3.8, 4) is 11.5 Å². The largest absolute Gasteiger partial charge is 0.494 e. The van der Waals surface area contributed by atoms with Crippen molar-refractivity contribution >= 4 is 5.78 Å². The number of carbonyl (C=O) groups is 1. The quantitative estimate of drug-likeness (QED) is 0.755. The van der Waals surface area contributed by atoms with Gasteiger partial charge in [0.25, 0.3) is 0 Å². The van der Waals surface area contributed by atoms with Crippen LogP contribution in [-0.2, 0) is 0 Å². The van der Waals surface area contributed by atoms with Crippen molar-refractivity contribution in [1.82, 2.24) is 0 Å². The third kappa shape index (κ3) is 3.43. The molecule has 2 aromatic carbocycles. The van der Waals surface area contributed by atoms with Gasteiger partial charge in [0.1, 0.15) is 11.5 Å². The van der Waals surface area contributed by atoms with Crippen LogP contribution in [0.4, 0.5) is 0 Å². The Morgan fingerprint density at radius 3 is 1.95 bits per heavy atom. The maximum Gasteiger partial charge on any atom is 0.193 e. The van der Waals surface area contributed by atoms with E-state index in [2.05, 4.69) is 0 Å². The second kappa shape index (κ2) is 6.00. The maximum absolute atomic E-state index is 12.4. The summed E-state index contributed by atoms with van der Waals surface area (Å²) < 4.78 is 11.1. The van der Waals surface area contributed by atoms with Crippen LogP contribution in [0, 0.1) is 0 Å². The van der Waals surface area contributed by atoms with Crippen molar-refractivity contribution in [2.75, 3.05) is 6.61 Å². The standard InChI is InChI=1S/C18H18O3/c1-2-20-15-7-3-13(4-8-15)18(19)14-5-9-16(10-6-14)21-17-11-12-17/h3-10,17H,2,11-12H2,1H3. The normalized spacial score (nSPS) is 13.8. The van der Waals surface area contributed by atoms with Crippen LogP contribution in [0.25, 0.3) is 0 Å². The minimum absolute atomic E-state index is 0.0102. The van der Waals surface area contributed by atoms with E-state index in [1.807, 2.05) is 43.3 Å². The van der Waals surface area contributed by atoms with E-state index in [1.165, 1.54) is 0 Å². The summed E-state index contributed by atoms with van der Waals surface area (Å²) in [5, 5.41) is 0. The van der Waals surface area contributed by atoms with E-state index in [-0.39, 0.29) is 5.78 Å². The SMILES string of the molecule is CCOc1ccc(C(=O)c2ccc(OC3CC3)cc2)cc1. The van der Waals surface area contributed by atoms with E-state index in [1.54, 1.807) is 12.1 Å². The van der Waals surface area contributed by atoms with E-state index in [4.69, 9.17) is 9.47 Å². The molecule has 0 heterocycles. The number of benzene rings is 2. The van der Waals surface area contributed by atoms with Gasteiger partial charge in [-0.3, -0.25) is 4.79 Å². The van der Waals surface area contributed by atoms with Crippen molar-refractivity contribution in [2.45, 2.75) is 25.9 Å². The Kier molecular flexibility index (Phi) is 3.91. The molecule has 0 aromatic heterocycles. The number of ketones is 1. The summed E-state index contributed by atoms with van der Waals surface area (Å²) in [4.78, 5) is 12.4. The van der Waals surface area contributed by atoms with Crippen molar-refractivity contribution < 1.29 is 14.3 Å². The Bertz CT molecular complexity index is 610. The Balaban J connectivity index is 1.71. The van der Waals surface area contributed by atoms with E-state index in [0.717, 1.165) is 24.3 Å². The molecule has 108 valence electrons. The number of hydrogen-bond donors (Lipinski definition) is 0. The van der Waals surface area contributed by atoms with Crippen LogP contribution >= 0.6 is 0 Å². The molecule has 0 radical (unpaired) electrons. The first-order valence-electron chi connectivity index (χ1n) is 7.30. The highest BCUT2D eigenvalue weighted by atomic mass is 16.5. The van der Waals surface area contributed by atoms with Crippen molar-refractivity contribution in [3.63, 3.8) is 0 Å². The number of hydrogen-bond acceptors (Lipinski definition) is 3. The lowest BCUT2D eigenvalue weighted by Gasteiger charge is -2.06. The van der Waals surface area contributed by atoms with Gasteiger partial charge in [0.05, 0.1) is 12.7 Å². The highest BCUT2D eigenvalue weighted by molar-refractivity contribution is 6.09. The zero-order chi connectivity index (χ0) is 14.7. The average Bonchev–Trinajstić information content (AvgIpc) is 3.32. The molecule has 2 aromatic rings.